The van der Waals surface area contributed by atoms with Crippen molar-refractivity contribution >= 4 is 34.2 Å². The van der Waals surface area contributed by atoms with Crippen LogP contribution in [0.4, 0.5) is 17.3 Å². The average Bonchev–Trinajstić information content (AvgIpc) is 3.61. The van der Waals surface area contributed by atoms with Gasteiger partial charge < -0.3 is 5.32 Å². The van der Waals surface area contributed by atoms with Gasteiger partial charge in [0, 0.05) is 30.1 Å². The van der Waals surface area contributed by atoms with E-state index in [0.29, 0.717) is 36.1 Å². The predicted molar refractivity (Wildman–Crippen MR) is 129 cm³/mol. The maximum atomic E-state index is 12.0. The Hall–Kier alpha value is -3.58. The summed E-state index contributed by atoms with van der Waals surface area (Å²) in [6.07, 6.45) is 10.9. The van der Waals surface area contributed by atoms with Gasteiger partial charge in [0.25, 0.3) is 0 Å². The molecule has 2 aliphatic rings. The number of anilines is 3. The Labute approximate surface area is 200 Å². The van der Waals surface area contributed by atoms with Crippen LogP contribution in [-0.4, -0.2) is 35.6 Å². The summed E-state index contributed by atoms with van der Waals surface area (Å²) >= 11 is 0. The van der Waals surface area contributed by atoms with E-state index in [2.05, 4.69) is 26.5 Å². The summed E-state index contributed by atoms with van der Waals surface area (Å²) in [6, 6.07) is 11.4. The minimum absolute atomic E-state index is 0.0935. The highest BCUT2D eigenvalue weighted by molar-refractivity contribution is 7.87. The molecule has 2 atom stereocenters. The molecule has 0 spiro atoms. The fraction of sp³-hybridized carbons (Fsp3) is 0.375. The molecule has 0 radical (unpaired) electrons. The highest BCUT2D eigenvalue weighted by atomic mass is 32.2. The first-order valence-electron chi connectivity index (χ1n) is 11.5. The summed E-state index contributed by atoms with van der Waals surface area (Å²) in [5, 5.41) is 17.0. The Bertz CT molecular complexity index is 1230. The first kappa shape index (κ1) is 22.2. The van der Waals surface area contributed by atoms with Gasteiger partial charge in [0.2, 0.25) is 11.9 Å². The molecule has 0 bridgehead atoms. The normalized spacial score (nSPS) is 19.3. The van der Waals surface area contributed by atoms with Gasteiger partial charge in [-0.2, -0.15) is 10.4 Å². The quantitative estimate of drug-likeness (QED) is 0.546. The van der Waals surface area contributed by atoms with Crippen LogP contribution in [0.1, 0.15) is 44.6 Å². The van der Waals surface area contributed by atoms with Crippen LogP contribution in [-0.2, 0) is 15.8 Å². The monoisotopic (exact) mass is 475 g/mol. The Balaban J connectivity index is 1.31. The number of carbonyl (C=O) groups is 1. The highest BCUT2D eigenvalue weighted by Crippen LogP contribution is 2.36. The fourth-order valence-electron chi connectivity index (χ4n) is 4.70. The smallest absolute Gasteiger partial charge is 0.239 e. The van der Waals surface area contributed by atoms with Crippen LogP contribution in [0.2, 0.25) is 0 Å². The van der Waals surface area contributed by atoms with Gasteiger partial charge >= 0.3 is 0 Å². The van der Waals surface area contributed by atoms with E-state index in [-0.39, 0.29) is 11.9 Å². The number of carbonyl (C=O) groups excluding carboxylic acids is 1. The predicted octanol–water partition coefficient (Wildman–Crippen LogP) is 4.13. The number of nitrogens with zero attached hydrogens (tertiary/aromatic N) is 6. The Morgan fingerprint density at radius 2 is 2.00 bits per heavy atom. The van der Waals surface area contributed by atoms with Crippen LogP contribution in [0, 0.1) is 17.2 Å². The van der Waals surface area contributed by atoms with Crippen molar-refractivity contribution in [3.63, 3.8) is 0 Å². The number of aromatic nitrogens is 4. The molecule has 3 heterocycles. The third-order valence-electron chi connectivity index (χ3n) is 6.42. The third kappa shape index (κ3) is 4.56. The topological polar surface area (TPSA) is 117 Å². The van der Waals surface area contributed by atoms with Crippen LogP contribution in [0.25, 0.3) is 11.3 Å². The first-order chi connectivity index (χ1) is 16.6. The molecule has 1 amide bonds. The molecule has 1 N–H and O–H groups in total. The molecule has 2 aromatic heterocycles. The number of amides is 1. The van der Waals surface area contributed by atoms with Gasteiger partial charge in [-0.3, -0.25) is 9.48 Å². The molecule has 1 saturated heterocycles. The van der Waals surface area contributed by atoms with Gasteiger partial charge in [-0.25, -0.2) is 18.5 Å². The standard InChI is InChI=1S/C24H25N7O2S/c25-12-9-22(17-3-1-2-4-17)30-16-18(15-27-30)21-10-13-26-24(29-21)28-19-5-7-20(8-6-19)31-23(32)11-14-34(31)33/h5-8,10,13,15-17,22H,1-4,9,11,14H2,(H,26,28,29). The van der Waals surface area contributed by atoms with E-state index in [4.69, 9.17) is 0 Å². The van der Waals surface area contributed by atoms with Crippen LogP contribution in [0.5, 0.6) is 0 Å². The molecular formula is C24H25N7O2S. The van der Waals surface area contributed by atoms with Crippen molar-refractivity contribution in [1.82, 2.24) is 19.7 Å². The Morgan fingerprint density at radius 1 is 1.21 bits per heavy atom. The zero-order valence-corrected chi connectivity index (χ0v) is 19.4. The molecule has 1 aliphatic carbocycles. The lowest BCUT2D eigenvalue weighted by Crippen LogP contribution is -2.24. The van der Waals surface area contributed by atoms with E-state index in [9.17, 15) is 14.3 Å². The molecule has 3 aromatic rings. The van der Waals surface area contributed by atoms with Crippen molar-refractivity contribution in [2.45, 2.75) is 44.6 Å². The van der Waals surface area contributed by atoms with Gasteiger partial charge in [-0.05, 0) is 49.1 Å². The van der Waals surface area contributed by atoms with Crippen LogP contribution in [0.3, 0.4) is 0 Å². The van der Waals surface area contributed by atoms with Crippen LogP contribution >= 0.6 is 0 Å². The second-order valence-electron chi connectivity index (χ2n) is 8.58. The van der Waals surface area contributed by atoms with Gasteiger partial charge in [-0.1, -0.05) is 12.8 Å². The van der Waals surface area contributed by atoms with Crippen LogP contribution in [0.15, 0.2) is 48.9 Å². The van der Waals surface area contributed by atoms with Crippen LogP contribution < -0.4 is 9.62 Å². The van der Waals surface area contributed by atoms with Crippen molar-refractivity contribution in [1.29, 1.82) is 5.26 Å². The summed E-state index contributed by atoms with van der Waals surface area (Å²) < 4.78 is 15.3. The van der Waals surface area contributed by atoms with Crippen molar-refractivity contribution in [3.8, 4) is 17.3 Å². The van der Waals surface area contributed by atoms with Gasteiger partial charge in [0.05, 0.1) is 41.9 Å². The summed E-state index contributed by atoms with van der Waals surface area (Å²) in [6.45, 7) is 0. The molecule has 9 nitrogen and oxygen atoms in total. The molecule has 2 unspecified atom stereocenters. The van der Waals surface area contributed by atoms with E-state index < -0.39 is 11.0 Å². The lowest BCUT2D eigenvalue weighted by atomic mass is 9.96. The lowest BCUT2D eigenvalue weighted by molar-refractivity contribution is -0.116. The summed E-state index contributed by atoms with van der Waals surface area (Å²) in [5.74, 6) is 1.17. The maximum absolute atomic E-state index is 12.0. The molecule has 34 heavy (non-hydrogen) atoms. The first-order valence-corrected chi connectivity index (χ1v) is 12.7. The maximum Gasteiger partial charge on any atom is 0.239 e. The summed E-state index contributed by atoms with van der Waals surface area (Å²) in [4.78, 5) is 20.9. The van der Waals surface area contributed by atoms with E-state index in [1.54, 1.807) is 36.7 Å². The number of hydrogen-bond donors (Lipinski definition) is 1. The summed E-state index contributed by atoms with van der Waals surface area (Å²) in [5.41, 5.74) is 2.98. The van der Waals surface area contributed by atoms with E-state index in [1.807, 2.05) is 16.9 Å². The summed E-state index contributed by atoms with van der Waals surface area (Å²) in [7, 11) is -1.30. The van der Waals surface area contributed by atoms with Gasteiger partial charge in [0.15, 0.2) is 0 Å². The van der Waals surface area contributed by atoms with Crippen molar-refractivity contribution in [2.75, 3.05) is 15.4 Å². The SMILES string of the molecule is N#CCC(C1CCCC1)n1cc(-c2ccnc(Nc3ccc(N4C(=O)CCS4=O)cc3)n2)cn1. The molecule has 10 heteroatoms. The lowest BCUT2D eigenvalue weighted by Gasteiger charge is -2.21. The second-order valence-corrected chi connectivity index (χ2v) is 10.0. The number of nitrogens with one attached hydrogen (secondary N) is 1. The van der Waals surface area contributed by atoms with Crippen molar-refractivity contribution in [2.24, 2.45) is 5.92 Å². The highest BCUT2D eigenvalue weighted by Gasteiger charge is 2.29. The zero-order chi connectivity index (χ0) is 23.5. The fourth-order valence-corrected chi connectivity index (χ4v) is 5.90. The third-order valence-corrected chi connectivity index (χ3v) is 7.79. The minimum Gasteiger partial charge on any atom is -0.324 e. The van der Waals surface area contributed by atoms with Gasteiger partial charge in [-0.15, -0.1) is 0 Å². The largest absolute Gasteiger partial charge is 0.324 e. The van der Waals surface area contributed by atoms with E-state index in [0.717, 1.165) is 29.8 Å². The van der Waals surface area contributed by atoms with Crippen molar-refractivity contribution < 1.29 is 9.00 Å². The zero-order valence-electron chi connectivity index (χ0n) is 18.6. The van der Waals surface area contributed by atoms with Crippen molar-refractivity contribution in [3.05, 3.63) is 48.9 Å². The number of benzene rings is 1. The van der Waals surface area contributed by atoms with Gasteiger partial charge in [0.1, 0.15) is 11.0 Å². The van der Waals surface area contributed by atoms with E-state index >= 15 is 0 Å². The second kappa shape index (κ2) is 9.73. The minimum atomic E-state index is -1.30. The Kier molecular flexibility index (Phi) is 6.36. The molecule has 1 saturated carbocycles. The molecular weight excluding hydrogens is 450 g/mol. The molecule has 5 rings (SSSR count). The molecule has 2 fully saturated rings. The Morgan fingerprint density at radius 3 is 2.71 bits per heavy atom. The molecule has 1 aliphatic heterocycles. The average molecular weight is 476 g/mol. The molecule has 1 aromatic carbocycles. The number of nitriles is 1. The molecule has 174 valence electrons. The van der Waals surface area contributed by atoms with E-state index in [1.165, 1.54) is 17.1 Å². The number of rotatable bonds is 7. The number of hydrogen-bond acceptors (Lipinski definition) is 7.